The Balaban J connectivity index is 0. The maximum absolute atomic E-state index is 9.84. The topological polar surface area (TPSA) is 44.8 Å². The molecule has 0 bridgehead atoms. The zero-order valence-electron chi connectivity index (χ0n) is 4.13. The maximum Gasteiger partial charge on any atom is 0.540 e. The van der Waals surface area contributed by atoms with Gasteiger partial charge in [-0.2, -0.15) is 4.89 Å². The summed E-state index contributed by atoms with van der Waals surface area (Å²) in [5, 5.41) is 0. The van der Waals surface area contributed by atoms with E-state index < -0.39 is 6.16 Å². The number of carbonyl (C=O) groups is 1. The van der Waals surface area contributed by atoms with Crippen LogP contribution in [0.3, 0.4) is 0 Å². The van der Waals surface area contributed by atoms with E-state index in [0.717, 1.165) is 0 Å². The zero-order valence-corrected chi connectivity index (χ0v) is 4.13. The van der Waals surface area contributed by atoms with Crippen LogP contribution in [0.2, 0.25) is 0 Å². The molecule has 0 spiro atoms. The van der Waals surface area contributed by atoms with E-state index in [-0.39, 0.29) is 23.1 Å². The molecule has 0 heterocycles. The van der Waals surface area contributed by atoms with E-state index in [2.05, 4.69) is 14.5 Å². The smallest absolute Gasteiger partial charge is 0.436 e. The molecule has 0 amide bonds. The maximum atomic E-state index is 9.84. The molecule has 0 radical (unpaired) electrons. The summed E-state index contributed by atoms with van der Waals surface area (Å²) in [6.45, 7) is 0. The van der Waals surface area contributed by atoms with Gasteiger partial charge < -0.3 is 4.74 Å². The van der Waals surface area contributed by atoms with E-state index in [9.17, 15) is 4.79 Å². The fourth-order valence-corrected chi connectivity index (χ4v) is 0.102. The van der Waals surface area contributed by atoms with Gasteiger partial charge in [0.25, 0.3) is 0 Å². The van der Waals surface area contributed by atoms with Gasteiger partial charge in [-0.15, -0.1) is 0 Å². The summed E-state index contributed by atoms with van der Waals surface area (Å²) in [6, 6.07) is 0. The SMILES string of the molecule is COOC(=O)OC.[MgH2]. The quantitative estimate of drug-likeness (QED) is 0.207. The lowest BCUT2D eigenvalue weighted by Crippen LogP contribution is -2.01. The Labute approximate surface area is 63.2 Å². The summed E-state index contributed by atoms with van der Waals surface area (Å²) >= 11 is 0. The number of hydrogen-bond donors (Lipinski definition) is 0. The van der Waals surface area contributed by atoms with E-state index in [1.807, 2.05) is 0 Å². The fraction of sp³-hybridized carbons (Fsp3) is 0.667. The third kappa shape index (κ3) is 6.00. The lowest BCUT2D eigenvalue weighted by atomic mass is 11.4. The van der Waals surface area contributed by atoms with Crippen molar-refractivity contribution >= 4 is 29.2 Å². The van der Waals surface area contributed by atoms with Crippen LogP contribution < -0.4 is 0 Å². The van der Waals surface area contributed by atoms with Crippen molar-refractivity contribution in [2.24, 2.45) is 0 Å². The molecule has 5 heteroatoms. The largest absolute Gasteiger partial charge is 0.540 e. The van der Waals surface area contributed by atoms with Crippen molar-refractivity contribution in [3.8, 4) is 0 Å². The molecule has 0 fully saturated rings. The number of ether oxygens (including phenoxy) is 1. The first kappa shape index (κ1) is 10.9. The highest BCUT2D eigenvalue weighted by atomic mass is 24.3. The third-order valence-electron chi connectivity index (χ3n) is 0.318. The first-order chi connectivity index (χ1) is 3.31. The number of rotatable bonds is 1. The lowest BCUT2D eigenvalue weighted by molar-refractivity contribution is -0.229. The molecule has 8 heavy (non-hydrogen) atoms. The molecule has 0 saturated heterocycles. The van der Waals surface area contributed by atoms with Crippen molar-refractivity contribution in [2.75, 3.05) is 14.2 Å². The van der Waals surface area contributed by atoms with Crippen LogP contribution in [0.15, 0.2) is 0 Å². The molecule has 0 aliphatic carbocycles. The second-order valence-electron chi connectivity index (χ2n) is 0.704. The van der Waals surface area contributed by atoms with Crippen LogP contribution in [0, 0.1) is 0 Å². The number of hydrogen-bond acceptors (Lipinski definition) is 4. The van der Waals surface area contributed by atoms with Gasteiger partial charge in [0.1, 0.15) is 0 Å². The van der Waals surface area contributed by atoms with Gasteiger partial charge in [0.2, 0.25) is 0 Å². The second-order valence-corrected chi connectivity index (χ2v) is 0.704. The monoisotopic (exact) mass is 132 g/mol. The van der Waals surface area contributed by atoms with Crippen LogP contribution in [0.1, 0.15) is 0 Å². The van der Waals surface area contributed by atoms with E-state index in [1.165, 1.54) is 14.2 Å². The normalized spacial score (nSPS) is 6.75. The Morgan fingerprint density at radius 1 is 1.38 bits per heavy atom. The number of methoxy groups -OCH3 is 1. The molecule has 0 atom stereocenters. The van der Waals surface area contributed by atoms with Gasteiger partial charge in [0.15, 0.2) is 0 Å². The average molecular weight is 132 g/mol. The average Bonchev–Trinajstić information content (AvgIpc) is 1.68. The lowest BCUT2D eigenvalue weighted by Gasteiger charge is -1.92. The fourth-order valence-electron chi connectivity index (χ4n) is 0.102. The molecule has 0 aromatic carbocycles. The minimum Gasteiger partial charge on any atom is -0.436 e. The van der Waals surface area contributed by atoms with Gasteiger partial charge >= 0.3 is 29.2 Å². The Hall–Kier alpha value is -0.00377. The Morgan fingerprint density at radius 2 is 1.88 bits per heavy atom. The van der Waals surface area contributed by atoms with E-state index in [4.69, 9.17) is 0 Å². The molecular weight excluding hydrogens is 124 g/mol. The summed E-state index contributed by atoms with van der Waals surface area (Å²) in [6.07, 6.45) is -0.845. The van der Waals surface area contributed by atoms with Crippen LogP contribution in [-0.2, 0) is 14.5 Å². The third-order valence-corrected chi connectivity index (χ3v) is 0.318. The predicted molar refractivity (Wildman–Crippen MR) is 29.0 cm³/mol. The van der Waals surface area contributed by atoms with Gasteiger partial charge in [-0.05, 0) is 0 Å². The summed E-state index contributed by atoms with van der Waals surface area (Å²) < 4.78 is 4.00. The zero-order chi connectivity index (χ0) is 5.70. The molecule has 0 saturated carbocycles. The summed E-state index contributed by atoms with van der Waals surface area (Å²) in [7, 11) is 2.41. The van der Waals surface area contributed by atoms with Crippen molar-refractivity contribution in [2.45, 2.75) is 0 Å². The first-order valence-corrected chi connectivity index (χ1v) is 1.60. The molecule has 46 valence electrons. The van der Waals surface area contributed by atoms with Gasteiger partial charge in [-0.3, -0.25) is 4.89 Å². The van der Waals surface area contributed by atoms with Crippen LogP contribution >= 0.6 is 0 Å². The van der Waals surface area contributed by atoms with Gasteiger partial charge in [0.05, 0.1) is 14.2 Å². The van der Waals surface area contributed by atoms with Crippen LogP contribution in [0.4, 0.5) is 4.79 Å². The highest BCUT2D eigenvalue weighted by Gasteiger charge is 1.95. The Morgan fingerprint density at radius 3 is 2.00 bits per heavy atom. The highest BCUT2D eigenvalue weighted by molar-refractivity contribution is 5.75. The molecule has 0 rings (SSSR count). The van der Waals surface area contributed by atoms with Crippen molar-refractivity contribution in [1.82, 2.24) is 0 Å². The minimum atomic E-state index is -0.845. The molecule has 4 nitrogen and oxygen atoms in total. The Kier molecular flexibility index (Phi) is 9.52. The van der Waals surface area contributed by atoms with Crippen molar-refractivity contribution in [3.05, 3.63) is 0 Å². The van der Waals surface area contributed by atoms with Gasteiger partial charge in [-0.1, -0.05) is 0 Å². The molecule has 0 aliphatic rings. The predicted octanol–water partition coefficient (Wildman–Crippen LogP) is -0.585. The van der Waals surface area contributed by atoms with Crippen molar-refractivity contribution in [1.29, 1.82) is 0 Å². The summed E-state index contributed by atoms with van der Waals surface area (Å²) in [5.74, 6) is 0. The van der Waals surface area contributed by atoms with Gasteiger partial charge in [0, 0.05) is 0 Å². The number of carbonyl (C=O) groups excluding carboxylic acids is 1. The van der Waals surface area contributed by atoms with Crippen LogP contribution in [0.25, 0.3) is 0 Å². The Bertz CT molecular complexity index is 64.3. The standard InChI is InChI=1S/C3H6O4.Mg.2H/c1-5-3(4)7-6-2;;;/h1-2H3;;;. The molecule has 0 unspecified atom stereocenters. The first-order valence-electron chi connectivity index (χ1n) is 1.60. The van der Waals surface area contributed by atoms with Crippen LogP contribution in [-0.4, -0.2) is 43.4 Å². The van der Waals surface area contributed by atoms with E-state index >= 15 is 0 Å². The van der Waals surface area contributed by atoms with E-state index in [0.29, 0.717) is 0 Å². The molecule has 0 aromatic heterocycles. The molecule has 0 aliphatic heterocycles. The highest BCUT2D eigenvalue weighted by Crippen LogP contribution is 1.78. The van der Waals surface area contributed by atoms with Gasteiger partial charge in [-0.25, -0.2) is 4.79 Å². The van der Waals surface area contributed by atoms with Crippen LogP contribution in [0.5, 0.6) is 0 Å². The van der Waals surface area contributed by atoms with Crippen molar-refractivity contribution in [3.63, 3.8) is 0 Å². The summed E-state index contributed by atoms with van der Waals surface area (Å²) in [4.78, 5) is 17.6. The van der Waals surface area contributed by atoms with Crippen molar-refractivity contribution < 1.29 is 19.3 Å². The molecular formula is C3H8MgO4. The molecule has 0 N–H and O–H groups in total. The minimum absolute atomic E-state index is 0. The second kappa shape index (κ2) is 7.00. The molecule has 0 aromatic rings. The van der Waals surface area contributed by atoms with E-state index in [1.54, 1.807) is 0 Å². The summed E-state index contributed by atoms with van der Waals surface area (Å²) in [5.41, 5.74) is 0.